The van der Waals surface area contributed by atoms with Crippen LogP contribution in [0.5, 0.6) is 0 Å². The second-order valence-electron chi connectivity index (χ2n) is 3.78. The quantitative estimate of drug-likeness (QED) is 0.777. The van der Waals surface area contributed by atoms with E-state index in [2.05, 4.69) is 45.0 Å². The van der Waals surface area contributed by atoms with Gasteiger partial charge in [0.15, 0.2) is 0 Å². The smallest absolute Gasteiger partial charge is 0.00424 e. The highest BCUT2D eigenvalue weighted by molar-refractivity contribution is 5.66. The van der Waals surface area contributed by atoms with E-state index in [0.29, 0.717) is 0 Å². The minimum Gasteiger partial charge on any atom is -0.330 e. The molecule has 1 nitrogen and oxygen atoms in total. The topological polar surface area (TPSA) is 26.0 Å². The van der Waals surface area contributed by atoms with Crippen LogP contribution in [0.1, 0.15) is 30.0 Å². The molecule has 0 fully saturated rings. The number of rotatable bonds is 3. The van der Waals surface area contributed by atoms with Gasteiger partial charge in [0.2, 0.25) is 0 Å². The van der Waals surface area contributed by atoms with Gasteiger partial charge in [-0.25, -0.2) is 0 Å². The minimum atomic E-state index is 0.724. The van der Waals surface area contributed by atoms with Crippen LogP contribution in [-0.4, -0.2) is 6.54 Å². The van der Waals surface area contributed by atoms with E-state index in [1.54, 1.807) is 0 Å². The highest BCUT2D eigenvalue weighted by Gasteiger charge is 1.99. The summed E-state index contributed by atoms with van der Waals surface area (Å²) in [4.78, 5) is 0. The molecule has 0 aliphatic rings. The molecule has 0 saturated heterocycles. The van der Waals surface area contributed by atoms with E-state index < -0.39 is 0 Å². The van der Waals surface area contributed by atoms with E-state index in [0.717, 1.165) is 13.0 Å². The predicted molar refractivity (Wildman–Crippen MR) is 63.2 cm³/mol. The monoisotopic (exact) mass is 189 g/mol. The van der Waals surface area contributed by atoms with Crippen molar-refractivity contribution in [3.8, 4) is 0 Å². The van der Waals surface area contributed by atoms with Crippen molar-refractivity contribution in [2.75, 3.05) is 6.54 Å². The van der Waals surface area contributed by atoms with Crippen LogP contribution in [0.25, 0.3) is 5.57 Å². The summed E-state index contributed by atoms with van der Waals surface area (Å²) in [5, 5.41) is 0. The third-order valence-corrected chi connectivity index (χ3v) is 2.42. The number of aryl methyl sites for hydroxylation is 2. The zero-order valence-corrected chi connectivity index (χ0v) is 9.30. The summed E-state index contributed by atoms with van der Waals surface area (Å²) in [5.41, 5.74) is 10.8. The fourth-order valence-electron chi connectivity index (χ4n) is 1.67. The predicted octanol–water partition coefficient (Wildman–Crippen LogP) is 3.06. The van der Waals surface area contributed by atoms with Gasteiger partial charge < -0.3 is 5.73 Å². The van der Waals surface area contributed by atoms with E-state index in [4.69, 9.17) is 5.73 Å². The Morgan fingerprint density at radius 2 is 2.07 bits per heavy atom. The van der Waals surface area contributed by atoms with Crippen molar-refractivity contribution in [2.24, 2.45) is 5.73 Å². The Morgan fingerprint density at radius 3 is 2.64 bits per heavy atom. The summed E-state index contributed by atoms with van der Waals surface area (Å²) in [7, 11) is 0. The first-order valence-corrected chi connectivity index (χ1v) is 5.09. The van der Waals surface area contributed by atoms with Gasteiger partial charge in [0.1, 0.15) is 0 Å². The molecule has 0 atom stereocenters. The van der Waals surface area contributed by atoms with Gasteiger partial charge in [-0.05, 0) is 50.4 Å². The maximum atomic E-state index is 5.47. The van der Waals surface area contributed by atoms with Gasteiger partial charge in [-0.1, -0.05) is 29.8 Å². The molecule has 0 bridgehead atoms. The van der Waals surface area contributed by atoms with Crippen LogP contribution >= 0.6 is 0 Å². The molecule has 0 radical (unpaired) electrons. The van der Waals surface area contributed by atoms with Crippen molar-refractivity contribution in [3.05, 3.63) is 41.0 Å². The Labute approximate surface area is 86.6 Å². The number of benzene rings is 1. The first-order chi connectivity index (χ1) is 6.65. The van der Waals surface area contributed by atoms with E-state index in [1.165, 1.54) is 22.3 Å². The zero-order chi connectivity index (χ0) is 10.6. The molecule has 0 aliphatic heterocycles. The van der Waals surface area contributed by atoms with Gasteiger partial charge in [-0.3, -0.25) is 0 Å². The first-order valence-electron chi connectivity index (χ1n) is 5.09. The van der Waals surface area contributed by atoms with Crippen LogP contribution in [0.15, 0.2) is 24.3 Å². The molecule has 2 N–H and O–H groups in total. The van der Waals surface area contributed by atoms with E-state index in [1.807, 2.05) is 0 Å². The van der Waals surface area contributed by atoms with Gasteiger partial charge in [-0.15, -0.1) is 0 Å². The molecular weight excluding hydrogens is 170 g/mol. The molecule has 1 aromatic rings. The normalized spacial score (nSPS) is 11.9. The Hall–Kier alpha value is -1.08. The van der Waals surface area contributed by atoms with Gasteiger partial charge in [-0.2, -0.15) is 0 Å². The Kier molecular flexibility index (Phi) is 3.90. The van der Waals surface area contributed by atoms with Crippen molar-refractivity contribution >= 4 is 5.57 Å². The van der Waals surface area contributed by atoms with Crippen LogP contribution in [0.2, 0.25) is 0 Å². The average Bonchev–Trinajstić information content (AvgIpc) is 2.14. The van der Waals surface area contributed by atoms with Crippen LogP contribution in [0, 0.1) is 13.8 Å². The average molecular weight is 189 g/mol. The molecule has 14 heavy (non-hydrogen) atoms. The summed E-state index contributed by atoms with van der Waals surface area (Å²) in [6.45, 7) is 7.15. The molecule has 0 spiro atoms. The van der Waals surface area contributed by atoms with Crippen LogP contribution in [0.4, 0.5) is 0 Å². The SMILES string of the molecule is CC(=CCCN)c1ccc(C)cc1C. The van der Waals surface area contributed by atoms with Gasteiger partial charge in [0.05, 0.1) is 0 Å². The molecule has 0 unspecified atom stereocenters. The molecule has 0 amide bonds. The van der Waals surface area contributed by atoms with E-state index in [9.17, 15) is 0 Å². The summed E-state index contributed by atoms with van der Waals surface area (Å²) in [6.07, 6.45) is 3.16. The lowest BCUT2D eigenvalue weighted by atomic mass is 9.99. The standard InChI is InChI=1S/C13H19N/c1-10-6-7-13(12(3)9-10)11(2)5-4-8-14/h5-7,9H,4,8,14H2,1-3H3. The van der Waals surface area contributed by atoms with Gasteiger partial charge in [0.25, 0.3) is 0 Å². The molecular formula is C13H19N. The molecule has 0 saturated carbocycles. The highest BCUT2D eigenvalue weighted by Crippen LogP contribution is 2.19. The van der Waals surface area contributed by atoms with Crippen molar-refractivity contribution in [1.82, 2.24) is 0 Å². The van der Waals surface area contributed by atoms with Gasteiger partial charge >= 0.3 is 0 Å². The molecule has 0 aromatic heterocycles. The Morgan fingerprint density at radius 1 is 1.36 bits per heavy atom. The molecule has 76 valence electrons. The molecule has 0 heterocycles. The lowest BCUT2D eigenvalue weighted by Crippen LogP contribution is -1.96. The number of nitrogens with two attached hydrogens (primary N) is 1. The number of hydrogen-bond acceptors (Lipinski definition) is 1. The summed E-state index contributed by atoms with van der Waals surface area (Å²) >= 11 is 0. The van der Waals surface area contributed by atoms with E-state index in [-0.39, 0.29) is 0 Å². The zero-order valence-electron chi connectivity index (χ0n) is 9.30. The number of hydrogen-bond donors (Lipinski definition) is 1. The third kappa shape index (κ3) is 2.71. The van der Waals surface area contributed by atoms with E-state index >= 15 is 0 Å². The number of allylic oxidation sites excluding steroid dienone is 1. The lowest BCUT2D eigenvalue weighted by molar-refractivity contribution is 1.01. The maximum Gasteiger partial charge on any atom is -0.00424 e. The summed E-state index contributed by atoms with van der Waals surface area (Å²) in [5.74, 6) is 0. The largest absolute Gasteiger partial charge is 0.330 e. The fraction of sp³-hybridized carbons (Fsp3) is 0.385. The fourth-order valence-corrected chi connectivity index (χ4v) is 1.67. The summed E-state index contributed by atoms with van der Waals surface area (Å²) < 4.78 is 0. The Balaban J connectivity index is 2.95. The second kappa shape index (κ2) is 4.97. The van der Waals surface area contributed by atoms with Crippen LogP contribution in [-0.2, 0) is 0 Å². The lowest BCUT2D eigenvalue weighted by Gasteiger charge is -2.07. The minimum absolute atomic E-state index is 0.724. The molecule has 1 rings (SSSR count). The van der Waals surface area contributed by atoms with Gasteiger partial charge in [0, 0.05) is 0 Å². The van der Waals surface area contributed by atoms with Crippen LogP contribution < -0.4 is 5.73 Å². The first kappa shape index (κ1) is 11.0. The molecule has 1 heteroatoms. The van der Waals surface area contributed by atoms with Crippen molar-refractivity contribution in [3.63, 3.8) is 0 Å². The van der Waals surface area contributed by atoms with Crippen molar-refractivity contribution in [1.29, 1.82) is 0 Å². The van der Waals surface area contributed by atoms with Crippen molar-refractivity contribution < 1.29 is 0 Å². The summed E-state index contributed by atoms with van der Waals surface area (Å²) in [6, 6.07) is 6.56. The van der Waals surface area contributed by atoms with Crippen LogP contribution in [0.3, 0.4) is 0 Å². The molecule has 1 aromatic carbocycles. The highest BCUT2D eigenvalue weighted by atomic mass is 14.5. The Bertz CT molecular complexity index is 337. The molecule has 0 aliphatic carbocycles. The maximum absolute atomic E-state index is 5.47. The second-order valence-corrected chi connectivity index (χ2v) is 3.78. The third-order valence-electron chi connectivity index (χ3n) is 2.42. The van der Waals surface area contributed by atoms with Crippen molar-refractivity contribution in [2.45, 2.75) is 27.2 Å².